The molecule has 0 unspecified atom stereocenters. The first-order chi connectivity index (χ1) is 19.4. The van der Waals surface area contributed by atoms with Crippen LogP contribution in [0.2, 0.25) is 10.0 Å². The van der Waals surface area contributed by atoms with Gasteiger partial charge < -0.3 is 18.9 Å². The quantitative estimate of drug-likeness (QED) is 0.224. The number of ether oxygens (including phenoxy) is 1. The molecule has 8 nitrogen and oxygen atoms in total. The molecule has 40 heavy (non-hydrogen) atoms. The van der Waals surface area contributed by atoms with Crippen molar-refractivity contribution in [2.24, 2.45) is 0 Å². The van der Waals surface area contributed by atoms with Crippen molar-refractivity contribution in [3.05, 3.63) is 75.2 Å². The maximum atomic E-state index is 11.2. The lowest BCUT2D eigenvalue weighted by Gasteiger charge is -2.51. The van der Waals surface area contributed by atoms with Crippen molar-refractivity contribution < 1.29 is 23.7 Å². The molecule has 2 heterocycles. The monoisotopic (exact) mass is 579 g/mol. The van der Waals surface area contributed by atoms with Crippen LogP contribution in [0.3, 0.4) is 0 Å². The van der Waals surface area contributed by atoms with E-state index in [9.17, 15) is 4.79 Å². The summed E-state index contributed by atoms with van der Waals surface area (Å²) in [6, 6.07) is 11.9. The summed E-state index contributed by atoms with van der Waals surface area (Å²) in [7, 11) is 0. The predicted molar refractivity (Wildman–Crippen MR) is 148 cm³/mol. The second-order valence-corrected chi connectivity index (χ2v) is 12.1. The highest BCUT2D eigenvalue weighted by Crippen LogP contribution is 2.55. The van der Waals surface area contributed by atoms with E-state index >= 15 is 0 Å². The Morgan fingerprint density at radius 2 is 1.62 bits per heavy atom. The minimum Gasteiger partial charge on any atom is -0.478 e. The van der Waals surface area contributed by atoms with Gasteiger partial charge in [0.2, 0.25) is 0 Å². The van der Waals surface area contributed by atoms with Gasteiger partial charge in [-0.25, -0.2) is 4.79 Å². The molecule has 0 spiro atoms. The molecule has 2 aromatic heterocycles. The Kier molecular flexibility index (Phi) is 6.25. The van der Waals surface area contributed by atoms with Crippen molar-refractivity contribution in [3.8, 4) is 22.7 Å². The summed E-state index contributed by atoms with van der Waals surface area (Å²) in [5, 5.41) is 19.0. The number of aromatic carboxylic acids is 1. The van der Waals surface area contributed by atoms with Crippen molar-refractivity contribution in [1.82, 2.24) is 15.3 Å². The summed E-state index contributed by atoms with van der Waals surface area (Å²) in [5.74, 6) is 1.42. The molecule has 4 fully saturated rings. The smallest absolute Gasteiger partial charge is 0.335 e. The third kappa shape index (κ3) is 4.42. The first-order valence-electron chi connectivity index (χ1n) is 13.6. The molecule has 2 aromatic carbocycles. The molecule has 4 saturated carbocycles. The molecule has 0 amide bonds. The number of rotatable bonds is 8. The predicted octanol–water partition coefficient (Wildman–Crippen LogP) is 7.84. The van der Waals surface area contributed by atoms with Crippen molar-refractivity contribution in [2.45, 2.75) is 74.9 Å². The molecule has 4 aromatic rings. The van der Waals surface area contributed by atoms with Gasteiger partial charge in [-0.2, -0.15) is 4.98 Å². The van der Waals surface area contributed by atoms with Crippen LogP contribution in [0.5, 0.6) is 0 Å². The van der Waals surface area contributed by atoms with Crippen LogP contribution in [0.1, 0.15) is 84.8 Å². The molecule has 2 bridgehead atoms. The fourth-order valence-electron chi connectivity index (χ4n) is 6.29. The van der Waals surface area contributed by atoms with Crippen LogP contribution >= 0.6 is 23.2 Å². The standard InChI is InChI=1S/C30H27Cl2N3O5/c31-21-2-1-3-22(32)23(21)24-20(25(39-34-24)17-4-5-17)16-38-30-13-10-29(11-14-30,12-15-30)28-33-26(40-35-28)18-6-8-19(9-7-18)27(36)37/h1-3,6-9,17H,4-5,10-16H2,(H,36,37). The van der Waals surface area contributed by atoms with E-state index in [0.29, 0.717) is 45.3 Å². The number of carboxylic acid groups (broad SMARTS) is 1. The highest BCUT2D eigenvalue weighted by atomic mass is 35.5. The topological polar surface area (TPSA) is 111 Å². The molecule has 206 valence electrons. The minimum atomic E-state index is -0.969. The average molecular weight is 580 g/mol. The molecule has 0 saturated heterocycles. The zero-order chi connectivity index (χ0) is 27.5. The lowest BCUT2D eigenvalue weighted by molar-refractivity contribution is -0.128. The Bertz CT molecular complexity index is 1550. The molecule has 8 rings (SSSR count). The molecule has 4 aliphatic rings. The van der Waals surface area contributed by atoms with E-state index in [0.717, 1.165) is 68.5 Å². The molecule has 4 aliphatic carbocycles. The number of hydrogen-bond donors (Lipinski definition) is 1. The van der Waals surface area contributed by atoms with Crippen molar-refractivity contribution >= 4 is 29.2 Å². The van der Waals surface area contributed by atoms with Gasteiger partial charge in [0, 0.05) is 28.0 Å². The van der Waals surface area contributed by atoms with Crippen LogP contribution in [0.25, 0.3) is 22.7 Å². The van der Waals surface area contributed by atoms with Crippen LogP contribution in [-0.2, 0) is 16.8 Å². The molecule has 0 atom stereocenters. The summed E-state index contributed by atoms with van der Waals surface area (Å²) in [5.41, 5.74) is 2.88. The van der Waals surface area contributed by atoms with Gasteiger partial charge >= 0.3 is 5.97 Å². The second kappa shape index (κ2) is 9.72. The zero-order valence-electron chi connectivity index (χ0n) is 21.7. The number of benzene rings is 2. The summed E-state index contributed by atoms with van der Waals surface area (Å²) < 4.78 is 18.2. The molecule has 10 heteroatoms. The van der Waals surface area contributed by atoms with Gasteiger partial charge in [-0.3, -0.25) is 0 Å². The van der Waals surface area contributed by atoms with Gasteiger partial charge in [0.1, 0.15) is 11.5 Å². The summed E-state index contributed by atoms with van der Waals surface area (Å²) in [4.78, 5) is 15.9. The fraction of sp³-hybridized carbons (Fsp3) is 0.400. The summed E-state index contributed by atoms with van der Waals surface area (Å²) in [6.07, 6.45) is 7.60. The maximum absolute atomic E-state index is 11.2. The Labute approximate surface area is 240 Å². The third-order valence-electron chi connectivity index (χ3n) is 8.95. The molecule has 1 N–H and O–H groups in total. The fourth-order valence-corrected chi connectivity index (χ4v) is 6.86. The Morgan fingerprint density at radius 1 is 0.950 bits per heavy atom. The van der Waals surface area contributed by atoms with E-state index in [1.807, 2.05) is 18.2 Å². The van der Waals surface area contributed by atoms with Crippen LogP contribution in [0, 0.1) is 0 Å². The second-order valence-electron chi connectivity index (χ2n) is 11.3. The number of halogens is 2. The molecular weight excluding hydrogens is 553 g/mol. The van der Waals surface area contributed by atoms with E-state index in [1.165, 1.54) is 0 Å². The number of carboxylic acids is 1. The highest BCUT2D eigenvalue weighted by Gasteiger charge is 2.52. The number of aromatic nitrogens is 3. The average Bonchev–Trinajstić information content (AvgIpc) is 3.53. The van der Waals surface area contributed by atoms with Gasteiger partial charge in [-0.1, -0.05) is 39.6 Å². The van der Waals surface area contributed by atoms with Gasteiger partial charge in [-0.15, -0.1) is 0 Å². The lowest BCUT2D eigenvalue weighted by Crippen LogP contribution is -2.50. The van der Waals surface area contributed by atoms with Gasteiger partial charge in [-0.05, 0) is 87.8 Å². The minimum absolute atomic E-state index is 0.138. The van der Waals surface area contributed by atoms with Crippen LogP contribution in [0.4, 0.5) is 0 Å². The van der Waals surface area contributed by atoms with E-state index in [2.05, 4.69) is 10.3 Å². The van der Waals surface area contributed by atoms with Crippen LogP contribution in [0.15, 0.2) is 51.5 Å². The Morgan fingerprint density at radius 3 is 2.25 bits per heavy atom. The van der Waals surface area contributed by atoms with E-state index < -0.39 is 5.97 Å². The van der Waals surface area contributed by atoms with E-state index in [4.69, 9.17) is 47.1 Å². The first kappa shape index (κ1) is 25.7. The largest absolute Gasteiger partial charge is 0.478 e. The lowest BCUT2D eigenvalue weighted by atomic mass is 9.58. The number of carbonyl (C=O) groups is 1. The third-order valence-corrected chi connectivity index (χ3v) is 9.58. The van der Waals surface area contributed by atoms with Crippen molar-refractivity contribution in [1.29, 1.82) is 0 Å². The van der Waals surface area contributed by atoms with Crippen LogP contribution < -0.4 is 0 Å². The first-order valence-corrected chi connectivity index (χ1v) is 14.4. The summed E-state index contributed by atoms with van der Waals surface area (Å²) >= 11 is 13.1. The van der Waals surface area contributed by atoms with Gasteiger partial charge in [0.05, 0.1) is 27.8 Å². The molecule has 0 radical (unpaired) electrons. The van der Waals surface area contributed by atoms with Crippen molar-refractivity contribution in [3.63, 3.8) is 0 Å². The zero-order valence-corrected chi connectivity index (χ0v) is 23.2. The number of hydrogen-bond acceptors (Lipinski definition) is 7. The Balaban J connectivity index is 1.08. The van der Waals surface area contributed by atoms with Gasteiger partial charge in [0.15, 0.2) is 5.82 Å². The normalized spacial score (nSPS) is 23.9. The Hall–Kier alpha value is -3.20. The number of nitrogens with zero attached hydrogens (tertiary/aromatic N) is 3. The van der Waals surface area contributed by atoms with E-state index in [-0.39, 0.29) is 16.6 Å². The maximum Gasteiger partial charge on any atom is 0.335 e. The number of fused-ring (bicyclic) bond motifs is 3. The van der Waals surface area contributed by atoms with Crippen molar-refractivity contribution in [2.75, 3.05) is 0 Å². The van der Waals surface area contributed by atoms with E-state index in [1.54, 1.807) is 24.3 Å². The van der Waals surface area contributed by atoms with Gasteiger partial charge in [0.25, 0.3) is 5.89 Å². The summed E-state index contributed by atoms with van der Waals surface area (Å²) in [6.45, 7) is 0.401. The molecular formula is C30H27Cl2N3O5. The highest BCUT2D eigenvalue weighted by molar-refractivity contribution is 6.39. The van der Waals surface area contributed by atoms with Crippen LogP contribution in [-0.4, -0.2) is 32.0 Å². The molecule has 0 aliphatic heterocycles. The SMILES string of the molecule is O=C(O)c1ccc(-c2nc(C34CCC(OCc5c(-c6c(Cl)cccc6Cl)noc5C5CC5)(CC3)CC4)no2)cc1.